The number of rotatable bonds is 4. The molecule has 0 unspecified atom stereocenters. The van der Waals surface area contributed by atoms with Crippen LogP contribution in [0, 0.1) is 0 Å². The SMILES string of the molecule is O=C(/C=C\c1cccc2cccnc12)NC[C@@H]1CCCO1. The van der Waals surface area contributed by atoms with Crippen LogP contribution >= 0.6 is 0 Å². The summed E-state index contributed by atoms with van der Waals surface area (Å²) in [7, 11) is 0. The van der Waals surface area contributed by atoms with E-state index in [1.165, 1.54) is 0 Å². The van der Waals surface area contributed by atoms with Crippen LogP contribution in [0.25, 0.3) is 17.0 Å². The van der Waals surface area contributed by atoms with Gasteiger partial charge in [-0.05, 0) is 25.0 Å². The molecule has 1 saturated heterocycles. The summed E-state index contributed by atoms with van der Waals surface area (Å²) in [5.41, 5.74) is 1.85. The second-order valence-corrected chi connectivity index (χ2v) is 5.14. The fourth-order valence-corrected chi connectivity index (χ4v) is 2.51. The Morgan fingerprint density at radius 3 is 3.14 bits per heavy atom. The van der Waals surface area contributed by atoms with Gasteiger partial charge in [-0.3, -0.25) is 9.78 Å². The van der Waals surface area contributed by atoms with Crippen molar-refractivity contribution in [2.24, 2.45) is 0 Å². The van der Waals surface area contributed by atoms with E-state index in [2.05, 4.69) is 10.3 Å². The highest BCUT2D eigenvalue weighted by Gasteiger charge is 2.15. The molecule has 1 aromatic heterocycles. The number of pyridine rings is 1. The number of hydrogen-bond donors (Lipinski definition) is 1. The van der Waals surface area contributed by atoms with Crippen LogP contribution in [0.4, 0.5) is 0 Å². The molecular weight excluding hydrogens is 264 g/mol. The average Bonchev–Trinajstić information content (AvgIpc) is 3.04. The molecule has 0 saturated carbocycles. The van der Waals surface area contributed by atoms with Crippen molar-refractivity contribution >= 4 is 22.9 Å². The molecule has 1 amide bonds. The summed E-state index contributed by atoms with van der Waals surface area (Å²) in [5, 5.41) is 3.94. The Balaban J connectivity index is 1.65. The highest BCUT2D eigenvalue weighted by Crippen LogP contribution is 2.17. The Bertz CT molecular complexity index is 655. The molecule has 2 heterocycles. The second kappa shape index (κ2) is 6.50. The van der Waals surface area contributed by atoms with Gasteiger partial charge in [0.05, 0.1) is 11.6 Å². The van der Waals surface area contributed by atoms with Crippen molar-refractivity contribution in [3.05, 3.63) is 48.2 Å². The standard InChI is InChI=1S/C17H18N2O2/c20-16(19-12-15-7-3-11-21-15)9-8-14-5-1-4-13-6-2-10-18-17(13)14/h1-2,4-6,8-10,15H,3,7,11-12H2,(H,19,20)/b9-8-/t15-/m0/s1. The number of nitrogens with one attached hydrogen (secondary N) is 1. The number of para-hydroxylation sites is 1. The van der Waals surface area contributed by atoms with Gasteiger partial charge in [-0.2, -0.15) is 0 Å². The van der Waals surface area contributed by atoms with Crippen molar-refractivity contribution in [2.75, 3.05) is 13.2 Å². The van der Waals surface area contributed by atoms with Gasteiger partial charge in [-0.25, -0.2) is 0 Å². The lowest BCUT2D eigenvalue weighted by Gasteiger charge is -2.08. The summed E-state index contributed by atoms with van der Waals surface area (Å²) in [6.45, 7) is 1.38. The Morgan fingerprint density at radius 2 is 2.29 bits per heavy atom. The zero-order valence-corrected chi connectivity index (χ0v) is 11.8. The van der Waals surface area contributed by atoms with Gasteiger partial charge < -0.3 is 10.1 Å². The van der Waals surface area contributed by atoms with Crippen LogP contribution in [-0.2, 0) is 9.53 Å². The molecule has 3 rings (SSSR count). The van der Waals surface area contributed by atoms with Gasteiger partial charge >= 0.3 is 0 Å². The van der Waals surface area contributed by atoms with Crippen LogP contribution in [-0.4, -0.2) is 30.1 Å². The van der Waals surface area contributed by atoms with E-state index in [1.54, 1.807) is 18.3 Å². The predicted molar refractivity (Wildman–Crippen MR) is 82.8 cm³/mol. The first-order valence-corrected chi connectivity index (χ1v) is 7.24. The first kappa shape index (κ1) is 13.8. The molecule has 4 heteroatoms. The fraction of sp³-hybridized carbons (Fsp3) is 0.294. The van der Waals surface area contributed by atoms with Crippen molar-refractivity contribution in [2.45, 2.75) is 18.9 Å². The van der Waals surface area contributed by atoms with Crippen molar-refractivity contribution < 1.29 is 9.53 Å². The number of amides is 1. The summed E-state index contributed by atoms with van der Waals surface area (Å²) in [6.07, 6.45) is 7.40. The van der Waals surface area contributed by atoms with Crippen molar-refractivity contribution in [1.29, 1.82) is 0 Å². The topological polar surface area (TPSA) is 51.2 Å². The molecule has 0 bridgehead atoms. The molecule has 4 nitrogen and oxygen atoms in total. The van der Waals surface area contributed by atoms with Crippen LogP contribution in [0.1, 0.15) is 18.4 Å². The third kappa shape index (κ3) is 3.47. The van der Waals surface area contributed by atoms with Crippen molar-refractivity contribution in [3.8, 4) is 0 Å². The number of benzene rings is 1. The van der Waals surface area contributed by atoms with Crippen LogP contribution in [0.2, 0.25) is 0 Å². The molecule has 1 aromatic carbocycles. The minimum atomic E-state index is -0.0987. The molecule has 1 N–H and O–H groups in total. The summed E-state index contributed by atoms with van der Waals surface area (Å²) in [5.74, 6) is -0.0987. The monoisotopic (exact) mass is 282 g/mol. The van der Waals surface area contributed by atoms with Gasteiger partial charge in [-0.15, -0.1) is 0 Å². The highest BCUT2D eigenvalue weighted by molar-refractivity contribution is 5.95. The summed E-state index contributed by atoms with van der Waals surface area (Å²) >= 11 is 0. The van der Waals surface area contributed by atoms with Crippen LogP contribution in [0.3, 0.4) is 0 Å². The lowest BCUT2D eigenvalue weighted by molar-refractivity contribution is -0.116. The van der Waals surface area contributed by atoms with E-state index < -0.39 is 0 Å². The number of carbonyl (C=O) groups is 1. The average molecular weight is 282 g/mol. The Hall–Kier alpha value is -2.20. The van der Waals surface area contributed by atoms with Crippen LogP contribution in [0.5, 0.6) is 0 Å². The maximum absolute atomic E-state index is 11.8. The molecule has 0 radical (unpaired) electrons. The lowest BCUT2D eigenvalue weighted by Crippen LogP contribution is -2.30. The van der Waals surface area contributed by atoms with Crippen LogP contribution in [0.15, 0.2) is 42.6 Å². The number of carbonyl (C=O) groups excluding carboxylic acids is 1. The van der Waals surface area contributed by atoms with Gasteiger partial charge in [0.15, 0.2) is 0 Å². The number of aromatic nitrogens is 1. The zero-order valence-electron chi connectivity index (χ0n) is 11.8. The van der Waals surface area contributed by atoms with E-state index in [-0.39, 0.29) is 12.0 Å². The van der Waals surface area contributed by atoms with Crippen LogP contribution < -0.4 is 5.32 Å². The highest BCUT2D eigenvalue weighted by atomic mass is 16.5. The molecule has 1 fully saturated rings. The minimum absolute atomic E-state index is 0.0987. The summed E-state index contributed by atoms with van der Waals surface area (Å²) < 4.78 is 5.47. The zero-order chi connectivity index (χ0) is 14.5. The first-order chi connectivity index (χ1) is 10.3. The fourth-order valence-electron chi connectivity index (χ4n) is 2.51. The van der Waals surface area contributed by atoms with E-state index in [9.17, 15) is 4.79 Å². The molecule has 1 aliphatic rings. The number of hydrogen-bond acceptors (Lipinski definition) is 3. The van der Waals surface area contributed by atoms with E-state index in [0.29, 0.717) is 6.54 Å². The van der Waals surface area contributed by atoms with E-state index in [0.717, 1.165) is 35.9 Å². The third-order valence-electron chi connectivity index (χ3n) is 3.61. The van der Waals surface area contributed by atoms with Crippen molar-refractivity contribution in [3.63, 3.8) is 0 Å². The van der Waals surface area contributed by atoms with Gasteiger partial charge in [0.25, 0.3) is 0 Å². The Morgan fingerprint density at radius 1 is 1.38 bits per heavy atom. The number of ether oxygens (including phenoxy) is 1. The third-order valence-corrected chi connectivity index (χ3v) is 3.61. The molecule has 0 spiro atoms. The van der Waals surface area contributed by atoms with E-state index >= 15 is 0 Å². The van der Waals surface area contributed by atoms with Gasteiger partial charge in [0.2, 0.25) is 5.91 Å². The van der Waals surface area contributed by atoms with Gasteiger partial charge in [0, 0.05) is 36.4 Å². The van der Waals surface area contributed by atoms with Gasteiger partial charge in [0.1, 0.15) is 0 Å². The normalized spacial score (nSPS) is 18.4. The van der Waals surface area contributed by atoms with E-state index in [1.807, 2.05) is 30.3 Å². The Labute approximate surface area is 123 Å². The van der Waals surface area contributed by atoms with Crippen molar-refractivity contribution in [1.82, 2.24) is 10.3 Å². The summed E-state index contributed by atoms with van der Waals surface area (Å²) in [6, 6.07) is 9.85. The largest absolute Gasteiger partial charge is 0.376 e. The molecule has 2 aromatic rings. The first-order valence-electron chi connectivity index (χ1n) is 7.24. The van der Waals surface area contributed by atoms with E-state index in [4.69, 9.17) is 4.74 Å². The summed E-state index contributed by atoms with van der Waals surface area (Å²) in [4.78, 5) is 16.2. The molecule has 0 aliphatic carbocycles. The maximum atomic E-state index is 11.8. The smallest absolute Gasteiger partial charge is 0.244 e. The molecule has 108 valence electrons. The predicted octanol–water partition coefficient (Wildman–Crippen LogP) is 2.54. The molecule has 1 atom stereocenters. The van der Waals surface area contributed by atoms with Gasteiger partial charge in [-0.1, -0.05) is 24.3 Å². The lowest BCUT2D eigenvalue weighted by atomic mass is 10.1. The Kier molecular flexibility index (Phi) is 4.26. The number of nitrogens with zero attached hydrogens (tertiary/aromatic N) is 1. The molecule has 1 aliphatic heterocycles. The quantitative estimate of drug-likeness (QED) is 0.877. The number of fused-ring (bicyclic) bond motifs is 1. The maximum Gasteiger partial charge on any atom is 0.244 e. The molecular formula is C17H18N2O2. The molecule has 21 heavy (non-hydrogen) atoms. The second-order valence-electron chi connectivity index (χ2n) is 5.14. The minimum Gasteiger partial charge on any atom is -0.376 e.